The van der Waals surface area contributed by atoms with Crippen molar-refractivity contribution in [3.63, 3.8) is 0 Å². The fourth-order valence-electron chi connectivity index (χ4n) is 1.33. The van der Waals surface area contributed by atoms with Gasteiger partial charge in [0.25, 0.3) is 5.69 Å². The normalized spacial score (nSPS) is 10.9. The summed E-state index contributed by atoms with van der Waals surface area (Å²) in [5, 5.41) is 20.7. The van der Waals surface area contributed by atoms with E-state index in [1.54, 1.807) is 6.92 Å². The number of nitro benzene ring substituents is 1. The van der Waals surface area contributed by atoms with Crippen molar-refractivity contribution in [1.82, 2.24) is 0 Å². The van der Waals surface area contributed by atoms with Crippen molar-refractivity contribution in [2.75, 3.05) is 13.2 Å². The van der Waals surface area contributed by atoms with E-state index < -0.39 is 15.8 Å². The zero-order valence-corrected chi connectivity index (χ0v) is 10.6. The number of hydrogen-bond donors (Lipinski definition) is 0. The third-order valence-corrected chi connectivity index (χ3v) is 2.34. The number of esters is 1. The summed E-state index contributed by atoms with van der Waals surface area (Å²) in [6, 6.07) is 4.97. The number of ether oxygens (including phenoxy) is 1. The van der Waals surface area contributed by atoms with Gasteiger partial charge in [0.1, 0.15) is 6.61 Å². The van der Waals surface area contributed by atoms with Crippen molar-refractivity contribution < 1.29 is 19.4 Å². The number of nitro groups is 2. The molecule has 20 heavy (non-hydrogen) atoms. The predicted molar refractivity (Wildman–Crippen MR) is 69.0 cm³/mol. The van der Waals surface area contributed by atoms with Crippen LogP contribution in [0.4, 0.5) is 5.69 Å². The van der Waals surface area contributed by atoms with Gasteiger partial charge in [0.05, 0.1) is 10.5 Å². The zero-order chi connectivity index (χ0) is 15.1. The van der Waals surface area contributed by atoms with Gasteiger partial charge in [-0.15, -0.1) is 0 Å². The molecule has 1 aromatic carbocycles. The lowest BCUT2D eigenvalue weighted by Crippen LogP contribution is -2.07. The van der Waals surface area contributed by atoms with E-state index in [0.717, 1.165) is 0 Å². The van der Waals surface area contributed by atoms with Crippen LogP contribution in [0.25, 0.3) is 0 Å². The van der Waals surface area contributed by atoms with E-state index in [0.29, 0.717) is 5.57 Å². The van der Waals surface area contributed by atoms with Crippen LogP contribution < -0.4 is 0 Å². The molecule has 0 aliphatic carbocycles. The molecule has 8 heteroatoms. The number of rotatable bonds is 6. The molecule has 0 radical (unpaired) electrons. The van der Waals surface area contributed by atoms with E-state index in [1.807, 2.05) is 0 Å². The van der Waals surface area contributed by atoms with Crippen LogP contribution in [-0.4, -0.2) is 29.0 Å². The largest absolute Gasteiger partial charge is 0.458 e. The van der Waals surface area contributed by atoms with Crippen LogP contribution in [0.15, 0.2) is 35.9 Å². The Balaban J connectivity index is 2.55. The second-order valence-corrected chi connectivity index (χ2v) is 3.94. The van der Waals surface area contributed by atoms with E-state index in [1.165, 1.54) is 30.3 Å². The van der Waals surface area contributed by atoms with Gasteiger partial charge < -0.3 is 4.74 Å². The van der Waals surface area contributed by atoms with Crippen LogP contribution in [0.5, 0.6) is 0 Å². The molecule has 0 saturated carbocycles. The summed E-state index contributed by atoms with van der Waals surface area (Å²) in [6.07, 6.45) is 1.44. The quantitative estimate of drug-likeness (QED) is 0.340. The SMILES string of the molecule is CC(=CCOC(=O)c1ccc([N+](=O)[O-])cc1)C[N+](=O)[O-]. The van der Waals surface area contributed by atoms with Crippen LogP contribution >= 0.6 is 0 Å². The molecule has 1 aromatic rings. The summed E-state index contributed by atoms with van der Waals surface area (Å²) in [4.78, 5) is 31.2. The van der Waals surface area contributed by atoms with Gasteiger partial charge >= 0.3 is 5.97 Å². The van der Waals surface area contributed by atoms with E-state index in [4.69, 9.17) is 4.74 Å². The monoisotopic (exact) mass is 280 g/mol. The molecule has 0 bridgehead atoms. The lowest BCUT2D eigenvalue weighted by molar-refractivity contribution is -0.470. The Morgan fingerprint density at radius 2 is 1.85 bits per heavy atom. The van der Waals surface area contributed by atoms with Crippen LogP contribution in [0.2, 0.25) is 0 Å². The van der Waals surface area contributed by atoms with E-state index in [2.05, 4.69) is 0 Å². The summed E-state index contributed by atoms with van der Waals surface area (Å²) >= 11 is 0. The molecule has 0 saturated heterocycles. The Hall–Kier alpha value is -2.77. The molecular formula is C12H12N2O6. The van der Waals surface area contributed by atoms with Gasteiger partial charge in [-0.1, -0.05) is 0 Å². The molecule has 0 N–H and O–H groups in total. The molecule has 106 valence electrons. The van der Waals surface area contributed by atoms with Crippen LogP contribution in [-0.2, 0) is 4.74 Å². The van der Waals surface area contributed by atoms with Crippen molar-refractivity contribution in [2.45, 2.75) is 6.92 Å². The fraction of sp³-hybridized carbons (Fsp3) is 0.250. The molecular weight excluding hydrogens is 268 g/mol. The Labute approximate surface area is 114 Å². The summed E-state index contributed by atoms with van der Waals surface area (Å²) in [6.45, 7) is 1.16. The van der Waals surface area contributed by atoms with Gasteiger partial charge in [-0.3, -0.25) is 20.2 Å². The lowest BCUT2D eigenvalue weighted by Gasteiger charge is -2.02. The first-order valence-corrected chi connectivity index (χ1v) is 5.59. The Morgan fingerprint density at radius 1 is 1.25 bits per heavy atom. The van der Waals surface area contributed by atoms with Gasteiger partial charge in [-0.2, -0.15) is 0 Å². The average molecular weight is 280 g/mol. The standard InChI is InChI=1S/C12H12N2O6/c1-9(8-13(16)17)6-7-20-12(15)10-2-4-11(5-3-10)14(18)19/h2-6H,7-8H2,1H3. The number of carbonyl (C=O) groups excluding carboxylic acids is 1. The zero-order valence-electron chi connectivity index (χ0n) is 10.6. The lowest BCUT2D eigenvalue weighted by atomic mass is 10.2. The number of benzene rings is 1. The highest BCUT2D eigenvalue weighted by Gasteiger charge is 2.10. The summed E-state index contributed by atoms with van der Waals surface area (Å²) < 4.78 is 4.87. The van der Waals surface area contributed by atoms with E-state index >= 15 is 0 Å². The summed E-state index contributed by atoms with van der Waals surface area (Å²) in [5.41, 5.74) is 0.533. The van der Waals surface area contributed by atoms with Crippen molar-refractivity contribution >= 4 is 11.7 Å². The van der Waals surface area contributed by atoms with Gasteiger partial charge in [0.15, 0.2) is 0 Å². The smallest absolute Gasteiger partial charge is 0.338 e. The minimum Gasteiger partial charge on any atom is -0.458 e. The predicted octanol–water partition coefficient (Wildman–Crippen LogP) is 1.97. The van der Waals surface area contributed by atoms with Crippen molar-refractivity contribution in [1.29, 1.82) is 0 Å². The number of hydrogen-bond acceptors (Lipinski definition) is 6. The van der Waals surface area contributed by atoms with Crippen LogP contribution in [0, 0.1) is 20.2 Å². The van der Waals surface area contributed by atoms with Crippen LogP contribution in [0.3, 0.4) is 0 Å². The minimum atomic E-state index is -0.648. The number of carbonyl (C=O) groups is 1. The molecule has 0 aromatic heterocycles. The topological polar surface area (TPSA) is 113 Å². The molecule has 0 aliphatic heterocycles. The molecule has 8 nitrogen and oxygen atoms in total. The van der Waals surface area contributed by atoms with Crippen molar-refractivity contribution in [3.8, 4) is 0 Å². The summed E-state index contributed by atoms with van der Waals surface area (Å²) in [5.74, 6) is -0.648. The maximum atomic E-state index is 11.6. The first-order valence-electron chi connectivity index (χ1n) is 5.59. The Kier molecular flexibility index (Phi) is 5.33. The second-order valence-electron chi connectivity index (χ2n) is 3.94. The molecule has 1 rings (SSSR count). The highest BCUT2D eigenvalue weighted by molar-refractivity contribution is 5.89. The van der Waals surface area contributed by atoms with E-state index in [9.17, 15) is 25.0 Å². The first kappa shape index (κ1) is 15.3. The molecule has 0 heterocycles. The maximum absolute atomic E-state index is 11.6. The van der Waals surface area contributed by atoms with Gasteiger partial charge in [-0.25, -0.2) is 4.79 Å². The molecule has 0 atom stereocenters. The first-order chi connectivity index (χ1) is 9.40. The highest BCUT2D eigenvalue weighted by Crippen LogP contribution is 2.12. The summed E-state index contributed by atoms with van der Waals surface area (Å²) in [7, 11) is 0. The second kappa shape index (κ2) is 6.98. The molecule has 0 unspecified atom stereocenters. The average Bonchev–Trinajstić information content (AvgIpc) is 2.37. The van der Waals surface area contributed by atoms with E-state index in [-0.39, 0.29) is 24.4 Å². The third-order valence-electron chi connectivity index (χ3n) is 2.34. The number of non-ortho nitro benzene ring substituents is 1. The molecule has 0 fully saturated rings. The van der Waals surface area contributed by atoms with Gasteiger partial charge in [0.2, 0.25) is 6.54 Å². The van der Waals surface area contributed by atoms with Gasteiger partial charge in [-0.05, 0) is 30.7 Å². The molecule has 0 spiro atoms. The Bertz CT molecular complexity index is 550. The Morgan fingerprint density at radius 3 is 2.35 bits per heavy atom. The highest BCUT2D eigenvalue weighted by atomic mass is 16.6. The van der Waals surface area contributed by atoms with Crippen molar-refractivity contribution in [2.24, 2.45) is 0 Å². The maximum Gasteiger partial charge on any atom is 0.338 e. The minimum absolute atomic E-state index is 0.0878. The van der Waals surface area contributed by atoms with Crippen molar-refractivity contribution in [3.05, 3.63) is 61.7 Å². The molecule has 0 amide bonds. The molecule has 0 aliphatic rings. The van der Waals surface area contributed by atoms with Crippen LogP contribution in [0.1, 0.15) is 17.3 Å². The van der Waals surface area contributed by atoms with Gasteiger partial charge in [0, 0.05) is 17.1 Å². The fourth-order valence-corrected chi connectivity index (χ4v) is 1.33. The third kappa shape index (κ3) is 4.84. The number of nitrogens with zero attached hydrogens (tertiary/aromatic N) is 2.